The van der Waals surface area contributed by atoms with Gasteiger partial charge in [-0.15, -0.1) is 12.4 Å². The second-order valence-corrected chi connectivity index (χ2v) is 3.55. The van der Waals surface area contributed by atoms with Crippen LogP contribution in [-0.4, -0.2) is 20.5 Å². The Morgan fingerprint density at radius 3 is 2.87 bits per heavy atom. The molecule has 2 aromatic heterocycles. The zero-order chi connectivity index (χ0) is 10.3. The zero-order valence-electron chi connectivity index (χ0n) is 7.15. The van der Waals surface area contributed by atoms with Crippen LogP contribution < -0.4 is 0 Å². The first-order valence-corrected chi connectivity index (χ1v) is 4.45. The third-order valence-corrected chi connectivity index (χ3v) is 2.23. The number of hydrogen-bond acceptors (Lipinski definition) is 2. The standard InChI is InChI=1S/C8H4BrFN2O2.ClH/c9-4-1-2-12-5(3-4)11-6(7(12)10)8(13)14;/h1-3H,(H,13,14);1H. The van der Waals surface area contributed by atoms with Crippen molar-refractivity contribution >= 4 is 40.0 Å². The van der Waals surface area contributed by atoms with Crippen molar-refractivity contribution < 1.29 is 14.3 Å². The van der Waals surface area contributed by atoms with Crippen LogP contribution in [0.1, 0.15) is 10.5 Å². The highest BCUT2D eigenvalue weighted by atomic mass is 79.9. The maximum Gasteiger partial charge on any atom is 0.359 e. The molecule has 0 aromatic carbocycles. The molecule has 0 saturated carbocycles. The summed E-state index contributed by atoms with van der Waals surface area (Å²) in [5.74, 6) is -2.23. The minimum atomic E-state index is -1.37. The van der Waals surface area contributed by atoms with Gasteiger partial charge in [0.2, 0.25) is 11.6 Å². The SMILES string of the molecule is Cl.O=C(O)c1nc2cc(Br)ccn2c1F. The highest BCUT2D eigenvalue weighted by Gasteiger charge is 2.17. The molecule has 0 spiro atoms. The van der Waals surface area contributed by atoms with Crippen molar-refractivity contribution in [3.8, 4) is 0 Å². The van der Waals surface area contributed by atoms with Gasteiger partial charge in [0, 0.05) is 10.7 Å². The molecule has 2 heterocycles. The minimum absolute atomic E-state index is 0. The first-order chi connectivity index (χ1) is 6.59. The molecule has 15 heavy (non-hydrogen) atoms. The lowest BCUT2D eigenvalue weighted by atomic mass is 10.5. The molecule has 0 aliphatic carbocycles. The van der Waals surface area contributed by atoms with Crippen molar-refractivity contribution in [3.05, 3.63) is 34.4 Å². The van der Waals surface area contributed by atoms with E-state index in [0.29, 0.717) is 4.47 Å². The molecule has 4 nitrogen and oxygen atoms in total. The Morgan fingerprint density at radius 2 is 2.27 bits per heavy atom. The summed E-state index contributed by atoms with van der Waals surface area (Å²) in [6, 6.07) is 3.14. The van der Waals surface area contributed by atoms with Gasteiger partial charge in [0.05, 0.1) is 0 Å². The first kappa shape index (κ1) is 11.9. The molecule has 80 valence electrons. The molecule has 0 fully saturated rings. The highest BCUT2D eigenvalue weighted by Crippen LogP contribution is 2.16. The largest absolute Gasteiger partial charge is 0.476 e. The van der Waals surface area contributed by atoms with Gasteiger partial charge < -0.3 is 5.11 Å². The molecule has 0 bridgehead atoms. The maximum absolute atomic E-state index is 13.3. The van der Waals surface area contributed by atoms with E-state index in [1.807, 2.05) is 0 Å². The van der Waals surface area contributed by atoms with Crippen molar-refractivity contribution in [1.82, 2.24) is 9.38 Å². The quantitative estimate of drug-likeness (QED) is 0.878. The Kier molecular flexibility index (Phi) is 3.31. The van der Waals surface area contributed by atoms with E-state index < -0.39 is 17.6 Å². The minimum Gasteiger partial charge on any atom is -0.476 e. The van der Waals surface area contributed by atoms with Gasteiger partial charge >= 0.3 is 5.97 Å². The summed E-state index contributed by atoms with van der Waals surface area (Å²) in [6.07, 6.45) is 1.41. The third-order valence-electron chi connectivity index (χ3n) is 1.73. The Hall–Kier alpha value is -1.14. The van der Waals surface area contributed by atoms with Crippen LogP contribution in [-0.2, 0) is 0 Å². The second kappa shape index (κ2) is 4.16. The Morgan fingerprint density at radius 1 is 1.60 bits per heavy atom. The zero-order valence-corrected chi connectivity index (χ0v) is 9.55. The van der Waals surface area contributed by atoms with E-state index in [4.69, 9.17) is 5.11 Å². The monoisotopic (exact) mass is 294 g/mol. The number of pyridine rings is 1. The fraction of sp³-hybridized carbons (Fsp3) is 0. The van der Waals surface area contributed by atoms with Crippen LogP contribution in [0.15, 0.2) is 22.8 Å². The summed E-state index contributed by atoms with van der Waals surface area (Å²) < 4.78 is 15.1. The van der Waals surface area contributed by atoms with E-state index in [9.17, 15) is 9.18 Å². The van der Waals surface area contributed by atoms with Gasteiger partial charge in [-0.1, -0.05) is 15.9 Å². The van der Waals surface area contributed by atoms with Crippen molar-refractivity contribution in [2.75, 3.05) is 0 Å². The number of imidazole rings is 1. The van der Waals surface area contributed by atoms with Crippen LogP contribution in [0.4, 0.5) is 4.39 Å². The summed E-state index contributed by atoms with van der Waals surface area (Å²) in [7, 11) is 0. The first-order valence-electron chi connectivity index (χ1n) is 3.66. The number of aromatic nitrogens is 2. The molecule has 0 saturated heterocycles. The summed E-state index contributed by atoms with van der Waals surface area (Å²) in [5, 5.41) is 8.61. The molecule has 0 atom stereocenters. The van der Waals surface area contributed by atoms with E-state index in [2.05, 4.69) is 20.9 Å². The van der Waals surface area contributed by atoms with E-state index >= 15 is 0 Å². The van der Waals surface area contributed by atoms with Crippen LogP contribution >= 0.6 is 28.3 Å². The van der Waals surface area contributed by atoms with Gasteiger partial charge in [-0.25, -0.2) is 9.78 Å². The van der Waals surface area contributed by atoms with E-state index in [1.165, 1.54) is 12.3 Å². The molecule has 2 aromatic rings. The number of carboxylic acids is 1. The molecule has 0 radical (unpaired) electrons. The van der Waals surface area contributed by atoms with Gasteiger partial charge in [-0.2, -0.15) is 4.39 Å². The van der Waals surface area contributed by atoms with Crippen LogP contribution in [0.2, 0.25) is 0 Å². The number of aromatic carboxylic acids is 1. The van der Waals surface area contributed by atoms with Crippen molar-refractivity contribution in [2.24, 2.45) is 0 Å². The fourth-order valence-corrected chi connectivity index (χ4v) is 1.45. The number of nitrogens with zero attached hydrogens (tertiary/aromatic N) is 2. The van der Waals surface area contributed by atoms with Crippen LogP contribution in [0, 0.1) is 5.95 Å². The predicted molar refractivity (Wildman–Crippen MR) is 57.1 cm³/mol. The molecular formula is C8H5BrClFN2O2. The maximum atomic E-state index is 13.3. The van der Waals surface area contributed by atoms with E-state index in [1.54, 1.807) is 6.07 Å². The number of halogens is 3. The lowest BCUT2D eigenvalue weighted by molar-refractivity contribution is 0.0685. The molecule has 0 unspecified atom stereocenters. The molecule has 0 aliphatic heterocycles. The number of carbonyl (C=O) groups is 1. The number of fused-ring (bicyclic) bond motifs is 1. The smallest absolute Gasteiger partial charge is 0.359 e. The molecule has 7 heteroatoms. The summed E-state index contributed by atoms with van der Waals surface area (Å²) >= 11 is 3.18. The van der Waals surface area contributed by atoms with Gasteiger partial charge in [0.15, 0.2) is 0 Å². The van der Waals surface area contributed by atoms with Crippen LogP contribution in [0.25, 0.3) is 5.65 Å². The average molecular weight is 295 g/mol. The molecule has 2 rings (SSSR count). The van der Waals surface area contributed by atoms with Gasteiger partial charge in [0.25, 0.3) is 0 Å². The number of hydrogen-bond donors (Lipinski definition) is 1. The fourth-order valence-electron chi connectivity index (χ4n) is 1.13. The second-order valence-electron chi connectivity index (χ2n) is 2.63. The summed E-state index contributed by atoms with van der Waals surface area (Å²) in [6.45, 7) is 0. The Labute approximate surface area is 98.3 Å². The lowest BCUT2D eigenvalue weighted by Crippen LogP contribution is -2.00. The van der Waals surface area contributed by atoms with Gasteiger partial charge in [0.1, 0.15) is 5.65 Å². The molecule has 1 N–H and O–H groups in total. The lowest BCUT2D eigenvalue weighted by Gasteiger charge is -1.93. The average Bonchev–Trinajstić information content (AvgIpc) is 2.43. The topological polar surface area (TPSA) is 54.6 Å². The third kappa shape index (κ3) is 1.95. The van der Waals surface area contributed by atoms with Crippen molar-refractivity contribution in [1.29, 1.82) is 0 Å². The van der Waals surface area contributed by atoms with E-state index in [-0.39, 0.29) is 18.1 Å². The molecule has 0 amide bonds. The number of carboxylic acid groups (broad SMARTS) is 1. The molecular weight excluding hydrogens is 290 g/mol. The van der Waals surface area contributed by atoms with Gasteiger partial charge in [-0.05, 0) is 12.1 Å². The normalized spacial score (nSPS) is 10.0. The van der Waals surface area contributed by atoms with Crippen LogP contribution in [0.3, 0.4) is 0 Å². The number of rotatable bonds is 1. The molecule has 0 aliphatic rings. The summed E-state index contributed by atoms with van der Waals surface area (Å²) in [4.78, 5) is 14.2. The predicted octanol–water partition coefficient (Wildman–Crippen LogP) is 2.36. The summed E-state index contributed by atoms with van der Waals surface area (Å²) in [5.41, 5.74) is -0.308. The highest BCUT2D eigenvalue weighted by molar-refractivity contribution is 9.10. The van der Waals surface area contributed by atoms with E-state index in [0.717, 1.165) is 4.40 Å². The van der Waals surface area contributed by atoms with Crippen LogP contribution in [0.5, 0.6) is 0 Å². The Bertz CT molecular complexity index is 529. The Balaban J connectivity index is 0.00000112. The van der Waals surface area contributed by atoms with Crippen molar-refractivity contribution in [2.45, 2.75) is 0 Å². The van der Waals surface area contributed by atoms with Gasteiger partial charge in [-0.3, -0.25) is 4.40 Å². The van der Waals surface area contributed by atoms with Crippen molar-refractivity contribution in [3.63, 3.8) is 0 Å².